The Hall–Kier alpha value is -1.29. The van der Waals surface area contributed by atoms with E-state index in [1.54, 1.807) is 12.3 Å². The molecule has 5 heteroatoms. The molecule has 2 heterocycles. The van der Waals surface area contributed by atoms with E-state index in [9.17, 15) is 0 Å². The number of halogens is 2. The maximum Gasteiger partial charge on any atom is 0.151 e. The van der Waals surface area contributed by atoms with E-state index in [-0.39, 0.29) is 0 Å². The Kier molecular flexibility index (Phi) is 3.60. The maximum atomic E-state index is 6.27. The fraction of sp³-hybridized carbons (Fsp3) is 0.214. The molecule has 0 saturated carbocycles. The number of rotatable bonds is 1. The molecule has 0 saturated heterocycles. The van der Waals surface area contributed by atoms with Gasteiger partial charge in [0.1, 0.15) is 0 Å². The van der Waals surface area contributed by atoms with Crippen LogP contribution in [0.15, 0.2) is 36.5 Å². The van der Waals surface area contributed by atoms with Crippen LogP contribution in [-0.4, -0.2) is 18.1 Å². The van der Waals surface area contributed by atoms with Gasteiger partial charge in [0.25, 0.3) is 0 Å². The van der Waals surface area contributed by atoms with Crippen LogP contribution in [0.25, 0.3) is 0 Å². The highest BCUT2D eigenvalue weighted by atomic mass is 35.5. The number of anilines is 2. The van der Waals surface area contributed by atoms with Crippen LogP contribution in [0.4, 0.5) is 11.5 Å². The summed E-state index contributed by atoms with van der Waals surface area (Å²) in [5.41, 5.74) is 2.39. The van der Waals surface area contributed by atoms with Crippen LogP contribution >= 0.6 is 23.2 Å². The molecule has 1 aliphatic rings. The summed E-state index contributed by atoms with van der Waals surface area (Å²) < 4.78 is 0. The van der Waals surface area contributed by atoms with Crippen molar-refractivity contribution in [3.8, 4) is 0 Å². The van der Waals surface area contributed by atoms with E-state index in [2.05, 4.69) is 27.3 Å². The zero-order chi connectivity index (χ0) is 13.2. The molecule has 19 heavy (non-hydrogen) atoms. The zero-order valence-corrected chi connectivity index (χ0v) is 11.7. The van der Waals surface area contributed by atoms with Crippen molar-refractivity contribution in [3.05, 3.63) is 52.1 Å². The number of hydrogen-bond donors (Lipinski definition) is 1. The second kappa shape index (κ2) is 5.37. The van der Waals surface area contributed by atoms with Gasteiger partial charge in [0.05, 0.1) is 10.0 Å². The SMILES string of the molecule is Clc1cnc(N2CCNCc3ccccc32)c(Cl)c1. The number of pyridine rings is 1. The standard InChI is InChI=1S/C14H13Cl2N3/c15-11-7-12(16)14(18-9-11)19-6-5-17-8-10-3-1-2-4-13(10)19/h1-4,7,9,17H,5-6,8H2. The average Bonchev–Trinajstić information content (AvgIpc) is 2.61. The van der Waals surface area contributed by atoms with Gasteiger partial charge >= 0.3 is 0 Å². The number of hydrogen-bond acceptors (Lipinski definition) is 3. The molecule has 2 aromatic rings. The van der Waals surface area contributed by atoms with Gasteiger partial charge < -0.3 is 10.2 Å². The lowest BCUT2D eigenvalue weighted by Gasteiger charge is -2.24. The third-order valence-corrected chi connectivity index (χ3v) is 3.64. The second-order valence-corrected chi connectivity index (χ2v) is 5.26. The Morgan fingerprint density at radius 1 is 1.21 bits per heavy atom. The maximum absolute atomic E-state index is 6.27. The number of nitrogens with zero attached hydrogens (tertiary/aromatic N) is 2. The Labute approximate surface area is 122 Å². The quantitative estimate of drug-likeness (QED) is 0.870. The zero-order valence-electron chi connectivity index (χ0n) is 10.2. The Bertz CT molecular complexity index is 601. The lowest BCUT2D eigenvalue weighted by atomic mass is 10.1. The van der Waals surface area contributed by atoms with Gasteiger partial charge in [-0.15, -0.1) is 0 Å². The van der Waals surface area contributed by atoms with Crippen molar-refractivity contribution < 1.29 is 0 Å². The van der Waals surface area contributed by atoms with Gasteiger partial charge in [0.2, 0.25) is 0 Å². The molecule has 1 aromatic carbocycles. The minimum atomic E-state index is 0.551. The molecule has 3 rings (SSSR count). The van der Waals surface area contributed by atoms with Crippen molar-refractivity contribution in [1.29, 1.82) is 0 Å². The molecule has 0 unspecified atom stereocenters. The van der Waals surface area contributed by atoms with E-state index >= 15 is 0 Å². The van der Waals surface area contributed by atoms with Crippen LogP contribution in [0.2, 0.25) is 10.0 Å². The van der Waals surface area contributed by atoms with Crippen molar-refractivity contribution in [2.75, 3.05) is 18.0 Å². The summed E-state index contributed by atoms with van der Waals surface area (Å²) >= 11 is 12.2. The Morgan fingerprint density at radius 3 is 2.89 bits per heavy atom. The normalized spacial score (nSPS) is 14.9. The largest absolute Gasteiger partial charge is 0.324 e. The number of para-hydroxylation sites is 1. The molecule has 98 valence electrons. The summed E-state index contributed by atoms with van der Waals surface area (Å²) in [7, 11) is 0. The van der Waals surface area contributed by atoms with Crippen molar-refractivity contribution in [1.82, 2.24) is 10.3 Å². The number of aromatic nitrogens is 1. The predicted octanol–water partition coefficient (Wildman–Crippen LogP) is 3.63. The van der Waals surface area contributed by atoms with E-state index in [0.29, 0.717) is 10.0 Å². The number of fused-ring (bicyclic) bond motifs is 1. The number of nitrogens with one attached hydrogen (secondary N) is 1. The highest BCUT2D eigenvalue weighted by Gasteiger charge is 2.19. The Morgan fingerprint density at radius 2 is 2.05 bits per heavy atom. The first-order chi connectivity index (χ1) is 9.25. The highest BCUT2D eigenvalue weighted by molar-refractivity contribution is 6.36. The lowest BCUT2D eigenvalue weighted by molar-refractivity contribution is 0.711. The third-order valence-electron chi connectivity index (χ3n) is 3.15. The smallest absolute Gasteiger partial charge is 0.151 e. The minimum Gasteiger partial charge on any atom is -0.324 e. The number of benzene rings is 1. The van der Waals surface area contributed by atoms with Crippen molar-refractivity contribution in [3.63, 3.8) is 0 Å². The molecule has 0 aliphatic carbocycles. The van der Waals surface area contributed by atoms with Gasteiger partial charge in [0.15, 0.2) is 5.82 Å². The van der Waals surface area contributed by atoms with Crippen LogP contribution in [0, 0.1) is 0 Å². The fourth-order valence-electron chi connectivity index (χ4n) is 2.28. The summed E-state index contributed by atoms with van der Waals surface area (Å²) in [4.78, 5) is 6.51. The van der Waals surface area contributed by atoms with Gasteiger partial charge in [-0.2, -0.15) is 0 Å². The molecule has 3 nitrogen and oxygen atoms in total. The molecule has 1 N–H and O–H groups in total. The molecule has 1 aromatic heterocycles. The van der Waals surface area contributed by atoms with Gasteiger partial charge in [-0.1, -0.05) is 41.4 Å². The molecule has 0 fully saturated rings. The first-order valence-electron chi connectivity index (χ1n) is 6.13. The summed E-state index contributed by atoms with van der Waals surface area (Å²) in [5, 5.41) is 4.52. The molecule has 0 radical (unpaired) electrons. The minimum absolute atomic E-state index is 0.551. The van der Waals surface area contributed by atoms with Crippen molar-refractivity contribution in [2.45, 2.75) is 6.54 Å². The molecule has 1 aliphatic heterocycles. The molecule has 0 bridgehead atoms. The van der Waals surface area contributed by atoms with Gasteiger partial charge in [-0.3, -0.25) is 0 Å². The first kappa shape index (κ1) is 12.7. The molecular formula is C14H13Cl2N3. The van der Waals surface area contributed by atoms with E-state index < -0.39 is 0 Å². The van der Waals surface area contributed by atoms with Crippen LogP contribution in [0.5, 0.6) is 0 Å². The molecule has 0 spiro atoms. The van der Waals surface area contributed by atoms with Crippen LogP contribution in [0.1, 0.15) is 5.56 Å². The predicted molar refractivity (Wildman–Crippen MR) is 79.4 cm³/mol. The lowest BCUT2D eigenvalue weighted by Crippen LogP contribution is -2.25. The van der Waals surface area contributed by atoms with Gasteiger partial charge in [0, 0.05) is 31.5 Å². The third kappa shape index (κ3) is 2.54. The van der Waals surface area contributed by atoms with E-state index in [0.717, 1.165) is 31.1 Å². The van der Waals surface area contributed by atoms with E-state index in [1.165, 1.54) is 5.56 Å². The summed E-state index contributed by atoms with van der Waals surface area (Å²) in [6.07, 6.45) is 1.63. The van der Waals surface area contributed by atoms with E-state index in [1.807, 2.05) is 12.1 Å². The average molecular weight is 294 g/mol. The molecular weight excluding hydrogens is 281 g/mol. The van der Waals surface area contributed by atoms with Gasteiger partial charge in [-0.25, -0.2) is 4.98 Å². The fourth-order valence-corrected chi connectivity index (χ4v) is 2.77. The van der Waals surface area contributed by atoms with Crippen molar-refractivity contribution in [2.24, 2.45) is 0 Å². The topological polar surface area (TPSA) is 28.2 Å². The van der Waals surface area contributed by atoms with E-state index in [4.69, 9.17) is 23.2 Å². The second-order valence-electron chi connectivity index (χ2n) is 4.42. The van der Waals surface area contributed by atoms with Crippen LogP contribution in [-0.2, 0) is 6.54 Å². The molecule has 0 amide bonds. The summed E-state index contributed by atoms with van der Waals surface area (Å²) in [6, 6.07) is 10.0. The summed E-state index contributed by atoms with van der Waals surface area (Å²) in [5.74, 6) is 0.752. The van der Waals surface area contributed by atoms with Crippen molar-refractivity contribution >= 4 is 34.7 Å². The van der Waals surface area contributed by atoms with Crippen LogP contribution in [0.3, 0.4) is 0 Å². The van der Waals surface area contributed by atoms with Crippen LogP contribution < -0.4 is 10.2 Å². The Balaban J connectivity index is 2.09. The summed E-state index contributed by atoms with van der Waals surface area (Å²) in [6.45, 7) is 2.57. The van der Waals surface area contributed by atoms with Gasteiger partial charge in [-0.05, 0) is 17.7 Å². The molecule has 0 atom stereocenters. The highest BCUT2D eigenvalue weighted by Crippen LogP contribution is 2.33. The monoisotopic (exact) mass is 293 g/mol. The first-order valence-corrected chi connectivity index (χ1v) is 6.88.